The first kappa shape index (κ1) is 7.90. The van der Waals surface area contributed by atoms with Crippen molar-refractivity contribution < 1.29 is 0 Å². The van der Waals surface area contributed by atoms with Gasteiger partial charge in [-0.3, -0.25) is 0 Å². The number of hydrogen-bond acceptors (Lipinski definition) is 2. The van der Waals surface area contributed by atoms with Crippen LogP contribution in [0.3, 0.4) is 0 Å². The summed E-state index contributed by atoms with van der Waals surface area (Å²) in [4.78, 5) is 1.28. The monoisotopic (exact) mass is 192 g/mol. The Morgan fingerprint density at radius 2 is 2.00 bits per heavy atom. The molecule has 0 N–H and O–H groups in total. The van der Waals surface area contributed by atoms with Gasteiger partial charge in [0.15, 0.2) is 0 Å². The maximum absolute atomic E-state index is 5.25. The molecular formula is C10H8S2. The first-order valence-electron chi connectivity index (χ1n) is 3.77. The minimum absolute atomic E-state index is 0.960. The molecule has 0 amide bonds. The summed E-state index contributed by atoms with van der Waals surface area (Å²) in [6.07, 6.45) is 0. The van der Waals surface area contributed by atoms with Crippen LogP contribution in [0.2, 0.25) is 0 Å². The molecule has 0 bridgehead atoms. The van der Waals surface area contributed by atoms with Gasteiger partial charge in [0.2, 0.25) is 0 Å². The van der Waals surface area contributed by atoms with Crippen molar-refractivity contribution in [3.8, 4) is 0 Å². The van der Waals surface area contributed by atoms with Gasteiger partial charge in [-0.05, 0) is 19.1 Å². The smallest absolute Gasteiger partial charge is 0.0474 e. The van der Waals surface area contributed by atoms with Crippen LogP contribution < -0.4 is 0 Å². The first-order chi connectivity index (χ1) is 5.77. The molecular weight excluding hydrogens is 184 g/mol. The van der Waals surface area contributed by atoms with Gasteiger partial charge in [-0.25, -0.2) is 0 Å². The summed E-state index contributed by atoms with van der Waals surface area (Å²) in [5.74, 6) is 0. The average molecular weight is 192 g/mol. The van der Waals surface area contributed by atoms with Gasteiger partial charge in [-0.2, -0.15) is 0 Å². The molecule has 0 fully saturated rings. The number of aryl methyl sites for hydroxylation is 1. The summed E-state index contributed by atoms with van der Waals surface area (Å²) < 4.78 is 2.24. The topological polar surface area (TPSA) is 0 Å². The van der Waals surface area contributed by atoms with Crippen molar-refractivity contribution in [3.05, 3.63) is 39.7 Å². The first-order valence-corrected chi connectivity index (χ1v) is 4.99. The van der Waals surface area contributed by atoms with E-state index < -0.39 is 0 Å². The van der Waals surface area contributed by atoms with E-state index in [1.165, 1.54) is 15.0 Å². The van der Waals surface area contributed by atoms with Gasteiger partial charge in [0, 0.05) is 19.5 Å². The van der Waals surface area contributed by atoms with Crippen molar-refractivity contribution in [2.75, 3.05) is 0 Å². The Bertz CT molecular complexity index is 468. The van der Waals surface area contributed by atoms with Crippen molar-refractivity contribution in [1.82, 2.24) is 0 Å². The van der Waals surface area contributed by atoms with E-state index in [2.05, 4.69) is 25.1 Å². The molecule has 60 valence electrons. The lowest BCUT2D eigenvalue weighted by Crippen LogP contribution is -1.72. The van der Waals surface area contributed by atoms with E-state index in [0.717, 1.165) is 4.51 Å². The molecule has 0 saturated heterocycles. The van der Waals surface area contributed by atoms with Gasteiger partial charge in [-0.1, -0.05) is 30.4 Å². The predicted octanol–water partition coefficient (Wildman–Crippen LogP) is 3.94. The van der Waals surface area contributed by atoms with Crippen molar-refractivity contribution in [2.24, 2.45) is 0 Å². The number of rotatable bonds is 0. The van der Waals surface area contributed by atoms with Gasteiger partial charge in [0.25, 0.3) is 0 Å². The second-order valence-corrected chi connectivity index (χ2v) is 4.45. The summed E-state index contributed by atoms with van der Waals surface area (Å²) in [5.41, 5.74) is 0. The Balaban J connectivity index is 2.99. The third-order valence-electron chi connectivity index (χ3n) is 1.76. The van der Waals surface area contributed by atoms with E-state index in [-0.39, 0.29) is 0 Å². The van der Waals surface area contributed by atoms with Crippen molar-refractivity contribution in [3.63, 3.8) is 0 Å². The van der Waals surface area contributed by atoms with Crippen molar-refractivity contribution in [2.45, 2.75) is 6.92 Å². The Kier molecular flexibility index (Phi) is 1.95. The molecule has 0 nitrogen and oxygen atoms in total. The molecule has 0 unspecified atom stereocenters. The van der Waals surface area contributed by atoms with E-state index in [1.807, 2.05) is 12.1 Å². The average Bonchev–Trinajstić information content (AvgIpc) is 2.04. The fourth-order valence-electron chi connectivity index (χ4n) is 1.22. The highest BCUT2D eigenvalue weighted by Crippen LogP contribution is 2.22. The maximum atomic E-state index is 5.25. The molecule has 12 heavy (non-hydrogen) atoms. The van der Waals surface area contributed by atoms with E-state index >= 15 is 0 Å². The van der Waals surface area contributed by atoms with Crippen LogP contribution in [0.15, 0.2) is 30.3 Å². The van der Waals surface area contributed by atoms with Crippen LogP contribution in [0, 0.1) is 11.4 Å². The van der Waals surface area contributed by atoms with Crippen LogP contribution in [0.25, 0.3) is 10.1 Å². The Hall–Kier alpha value is -0.730. The SMILES string of the molecule is Cc1cc(=S)c2ccccc2s1. The molecule has 0 aliphatic carbocycles. The highest BCUT2D eigenvalue weighted by molar-refractivity contribution is 7.71. The van der Waals surface area contributed by atoms with E-state index in [9.17, 15) is 0 Å². The summed E-state index contributed by atoms with van der Waals surface area (Å²) in [6.45, 7) is 2.09. The van der Waals surface area contributed by atoms with Gasteiger partial charge >= 0.3 is 0 Å². The highest BCUT2D eigenvalue weighted by atomic mass is 32.1. The third-order valence-corrected chi connectivity index (χ3v) is 3.11. The lowest BCUT2D eigenvalue weighted by molar-refractivity contribution is 1.61. The largest absolute Gasteiger partial charge is 0.141 e. The molecule has 1 aromatic heterocycles. The summed E-state index contributed by atoms with van der Waals surface area (Å²) in [6, 6.07) is 10.3. The van der Waals surface area contributed by atoms with Gasteiger partial charge in [-0.15, -0.1) is 11.3 Å². The van der Waals surface area contributed by atoms with E-state index in [4.69, 9.17) is 12.2 Å². The van der Waals surface area contributed by atoms with Crippen molar-refractivity contribution in [1.29, 1.82) is 0 Å². The molecule has 0 aliphatic rings. The van der Waals surface area contributed by atoms with Crippen LogP contribution in [0.1, 0.15) is 4.88 Å². The third kappa shape index (κ3) is 1.28. The standard InChI is InChI=1S/C10H8S2/c1-7-6-9(11)8-4-2-3-5-10(8)12-7/h2-6H,1H3. The number of hydrogen-bond donors (Lipinski definition) is 0. The lowest BCUT2D eigenvalue weighted by atomic mass is 10.2. The van der Waals surface area contributed by atoms with Crippen molar-refractivity contribution >= 4 is 33.6 Å². The lowest BCUT2D eigenvalue weighted by Gasteiger charge is -1.96. The summed E-state index contributed by atoms with van der Waals surface area (Å²) in [7, 11) is 0. The maximum Gasteiger partial charge on any atom is 0.0474 e. The van der Waals surface area contributed by atoms with Crippen LogP contribution in [-0.4, -0.2) is 0 Å². The van der Waals surface area contributed by atoms with E-state index in [0.29, 0.717) is 0 Å². The summed E-state index contributed by atoms with van der Waals surface area (Å²) >= 11 is 7.04. The summed E-state index contributed by atoms with van der Waals surface area (Å²) in [5, 5.41) is 1.20. The molecule has 2 aromatic rings. The number of benzene rings is 1. The fraction of sp³-hybridized carbons (Fsp3) is 0.100. The molecule has 1 aromatic carbocycles. The molecule has 2 heteroatoms. The second-order valence-electron chi connectivity index (χ2n) is 2.72. The normalized spacial score (nSPS) is 10.4. The van der Waals surface area contributed by atoms with Crippen LogP contribution in [-0.2, 0) is 0 Å². The van der Waals surface area contributed by atoms with Crippen LogP contribution in [0.4, 0.5) is 0 Å². The fourth-order valence-corrected chi connectivity index (χ4v) is 2.68. The zero-order valence-corrected chi connectivity index (χ0v) is 8.34. The van der Waals surface area contributed by atoms with Crippen LogP contribution in [0.5, 0.6) is 0 Å². The quantitative estimate of drug-likeness (QED) is 0.570. The van der Waals surface area contributed by atoms with Crippen LogP contribution >= 0.6 is 23.6 Å². The number of fused-ring (bicyclic) bond motifs is 1. The molecule has 2 rings (SSSR count). The predicted molar refractivity (Wildman–Crippen MR) is 57.4 cm³/mol. The Morgan fingerprint density at radius 1 is 1.25 bits per heavy atom. The minimum Gasteiger partial charge on any atom is -0.141 e. The van der Waals surface area contributed by atoms with E-state index in [1.54, 1.807) is 11.3 Å². The Labute approximate surface area is 80.5 Å². The molecule has 0 aliphatic heterocycles. The van der Waals surface area contributed by atoms with Gasteiger partial charge in [0.05, 0.1) is 0 Å². The second kappa shape index (κ2) is 2.96. The zero-order valence-electron chi connectivity index (χ0n) is 6.70. The molecule has 0 saturated carbocycles. The van der Waals surface area contributed by atoms with Gasteiger partial charge < -0.3 is 0 Å². The van der Waals surface area contributed by atoms with Gasteiger partial charge in [0.1, 0.15) is 0 Å². The zero-order chi connectivity index (χ0) is 8.55. The molecule has 0 spiro atoms. The molecule has 0 radical (unpaired) electrons. The minimum atomic E-state index is 0.960. The highest BCUT2D eigenvalue weighted by Gasteiger charge is 1.94. The Morgan fingerprint density at radius 3 is 2.83 bits per heavy atom. The molecule has 1 heterocycles. The molecule has 0 atom stereocenters.